The Hall–Kier alpha value is -1.26. The number of aromatic nitrogens is 1. The van der Waals surface area contributed by atoms with Crippen LogP contribution in [0.2, 0.25) is 0 Å². The SMILES string of the molecule is CCOC(=O)Cc1cc(OC)c(OC(F)(F)F)c(I)n1. The van der Waals surface area contributed by atoms with Gasteiger partial charge in [0.15, 0.2) is 5.75 Å². The van der Waals surface area contributed by atoms with Crippen molar-refractivity contribution >= 4 is 28.6 Å². The van der Waals surface area contributed by atoms with Crippen molar-refractivity contribution in [2.45, 2.75) is 19.7 Å². The van der Waals surface area contributed by atoms with E-state index < -0.39 is 18.1 Å². The molecule has 0 aliphatic heterocycles. The summed E-state index contributed by atoms with van der Waals surface area (Å²) in [5.74, 6) is -1.21. The fourth-order valence-corrected chi connectivity index (χ4v) is 2.02. The number of rotatable bonds is 5. The fourth-order valence-electron chi connectivity index (χ4n) is 1.34. The van der Waals surface area contributed by atoms with Crippen LogP contribution in [-0.2, 0) is 16.0 Å². The highest BCUT2D eigenvalue weighted by Gasteiger charge is 2.34. The molecule has 0 unspecified atom stereocenters. The minimum atomic E-state index is -4.85. The highest BCUT2D eigenvalue weighted by atomic mass is 127. The van der Waals surface area contributed by atoms with E-state index in [-0.39, 0.29) is 28.2 Å². The lowest BCUT2D eigenvalue weighted by atomic mass is 10.2. The van der Waals surface area contributed by atoms with E-state index in [0.717, 1.165) is 0 Å². The van der Waals surface area contributed by atoms with E-state index in [1.54, 1.807) is 29.5 Å². The molecule has 5 nitrogen and oxygen atoms in total. The van der Waals surface area contributed by atoms with Crippen LogP contribution in [0.1, 0.15) is 12.6 Å². The summed E-state index contributed by atoms with van der Waals surface area (Å²) < 4.78 is 50.2. The number of ether oxygens (including phenoxy) is 3. The number of carbonyl (C=O) groups excluding carboxylic acids is 1. The van der Waals surface area contributed by atoms with Crippen LogP contribution in [0.3, 0.4) is 0 Å². The Morgan fingerprint density at radius 2 is 2.10 bits per heavy atom. The third kappa shape index (κ3) is 5.02. The first-order valence-electron chi connectivity index (χ1n) is 5.41. The van der Waals surface area contributed by atoms with Gasteiger partial charge in [0.05, 0.1) is 25.8 Å². The maximum Gasteiger partial charge on any atom is 0.573 e. The topological polar surface area (TPSA) is 57.7 Å². The van der Waals surface area contributed by atoms with Crippen molar-refractivity contribution in [3.05, 3.63) is 15.5 Å². The van der Waals surface area contributed by atoms with Gasteiger partial charge in [-0.15, -0.1) is 13.2 Å². The fraction of sp³-hybridized carbons (Fsp3) is 0.455. The highest BCUT2D eigenvalue weighted by Crippen LogP contribution is 2.36. The van der Waals surface area contributed by atoms with Gasteiger partial charge in [-0.05, 0) is 29.5 Å². The molecule has 20 heavy (non-hydrogen) atoms. The molecule has 1 rings (SSSR count). The minimum Gasteiger partial charge on any atom is -0.493 e. The molecular formula is C11H11F3INO4. The van der Waals surface area contributed by atoms with Crippen LogP contribution in [0.15, 0.2) is 6.07 Å². The molecule has 0 saturated heterocycles. The molecule has 0 saturated carbocycles. The van der Waals surface area contributed by atoms with Gasteiger partial charge < -0.3 is 14.2 Å². The van der Waals surface area contributed by atoms with Crippen LogP contribution < -0.4 is 9.47 Å². The van der Waals surface area contributed by atoms with Gasteiger partial charge in [-0.2, -0.15) is 0 Å². The van der Waals surface area contributed by atoms with Crippen molar-refractivity contribution in [3.8, 4) is 11.5 Å². The molecule has 0 N–H and O–H groups in total. The van der Waals surface area contributed by atoms with E-state index >= 15 is 0 Å². The number of hydrogen-bond acceptors (Lipinski definition) is 5. The van der Waals surface area contributed by atoms with Gasteiger partial charge in [0.1, 0.15) is 3.70 Å². The summed E-state index contributed by atoms with van der Waals surface area (Å²) >= 11 is 1.57. The average Bonchev–Trinajstić information content (AvgIpc) is 2.31. The second-order valence-electron chi connectivity index (χ2n) is 3.47. The molecule has 1 aromatic rings. The molecule has 0 aliphatic carbocycles. The first-order chi connectivity index (χ1) is 9.26. The Labute approximate surface area is 126 Å². The number of halogens is 4. The molecule has 0 spiro atoms. The van der Waals surface area contributed by atoms with Crippen LogP contribution in [0.4, 0.5) is 13.2 Å². The van der Waals surface area contributed by atoms with Crippen LogP contribution in [0, 0.1) is 3.70 Å². The number of esters is 1. The van der Waals surface area contributed by atoms with Gasteiger partial charge >= 0.3 is 12.3 Å². The first-order valence-corrected chi connectivity index (χ1v) is 6.49. The van der Waals surface area contributed by atoms with Gasteiger partial charge in [0.25, 0.3) is 0 Å². The van der Waals surface area contributed by atoms with Crippen LogP contribution in [0.25, 0.3) is 0 Å². The molecule has 0 radical (unpaired) electrons. The second kappa shape index (κ2) is 6.95. The molecule has 1 heterocycles. The molecule has 1 aromatic heterocycles. The summed E-state index contributed by atoms with van der Waals surface area (Å²) in [6, 6.07) is 1.21. The molecule has 0 atom stereocenters. The summed E-state index contributed by atoms with van der Waals surface area (Å²) in [6.07, 6.45) is -5.01. The molecule has 0 aromatic carbocycles. The summed E-state index contributed by atoms with van der Waals surface area (Å²) in [5, 5.41) is 0. The maximum absolute atomic E-state index is 12.3. The van der Waals surface area contributed by atoms with E-state index in [9.17, 15) is 18.0 Å². The Morgan fingerprint density at radius 1 is 1.45 bits per heavy atom. The standard InChI is InChI=1S/C11H11F3INO4/c1-3-19-8(17)5-6-4-7(18-2)9(10(15)16-6)20-11(12,13)14/h4H,3,5H2,1-2H3. The number of methoxy groups -OCH3 is 1. The molecule has 0 aliphatic rings. The lowest BCUT2D eigenvalue weighted by molar-refractivity contribution is -0.275. The third-order valence-corrected chi connectivity index (χ3v) is 2.75. The molecular weight excluding hydrogens is 394 g/mol. The van der Waals surface area contributed by atoms with Crippen molar-refractivity contribution in [1.82, 2.24) is 4.98 Å². The minimum absolute atomic E-state index is 0.0569. The molecule has 0 amide bonds. The van der Waals surface area contributed by atoms with Gasteiger partial charge in [-0.25, -0.2) is 4.98 Å². The zero-order valence-corrected chi connectivity index (χ0v) is 12.7. The largest absolute Gasteiger partial charge is 0.573 e. The van der Waals surface area contributed by atoms with Crippen LogP contribution in [0.5, 0.6) is 11.5 Å². The van der Waals surface area contributed by atoms with Gasteiger partial charge in [-0.1, -0.05) is 0 Å². The normalized spacial score (nSPS) is 11.1. The number of pyridine rings is 1. The summed E-state index contributed by atoms with van der Waals surface area (Å²) in [6.45, 7) is 1.86. The van der Waals surface area contributed by atoms with E-state index in [0.29, 0.717) is 0 Å². The summed E-state index contributed by atoms with van der Waals surface area (Å²) in [7, 11) is 1.20. The van der Waals surface area contributed by atoms with E-state index in [1.807, 2.05) is 0 Å². The number of hydrogen-bond donors (Lipinski definition) is 0. The van der Waals surface area contributed by atoms with Crippen molar-refractivity contribution in [2.24, 2.45) is 0 Å². The molecule has 112 valence electrons. The van der Waals surface area contributed by atoms with Crippen molar-refractivity contribution < 1.29 is 32.2 Å². The molecule has 0 bridgehead atoms. The number of alkyl halides is 3. The van der Waals surface area contributed by atoms with Crippen molar-refractivity contribution in [3.63, 3.8) is 0 Å². The number of carbonyl (C=O) groups is 1. The second-order valence-corrected chi connectivity index (χ2v) is 4.49. The van der Waals surface area contributed by atoms with E-state index in [1.165, 1.54) is 13.2 Å². The average molecular weight is 405 g/mol. The lowest BCUT2D eigenvalue weighted by Crippen LogP contribution is -2.19. The Kier molecular flexibility index (Phi) is 5.84. The van der Waals surface area contributed by atoms with Crippen LogP contribution >= 0.6 is 22.6 Å². The van der Waals surface area contributed by atoms with Crippen LogP contribution in [-0.4, -0.2) is 31.0 Å². The zero-order valence-electron chi connectivity index (χ0n) is 10.6. The lowest BCUT2D eigenvalue weighted by Gasteiger charge is -2.14. The third-order valence-electron chi connectivity index (χ3n) is 2.02. The Balaban J connectivity index is 3.04. The summed E-state index contributed by atoms with van der Waals surface area (Å²) in [4.78, 5) is 15.2. The van der Waals surface area contributed by atoms with Gasteiger partial charge in [0, 0.05) is 6.07 Å². The monoisotopic (exact) mass is 405 g/mol. The van der Waals surface area contributed by atoms with Gasteiger partial charge in [0.2, 0.25) is 5.75 Å². The molecule has 9 heteroatoms. The number of nitrogens with zero attached hydrogens (tertiary/aromatic N) is 1. The van der Waals surface area contributed by atoms with E-state index in [2.05, 4.69) is 9.72 Å². The summed E-state index contributed by atoms with van der Waals surface area (Å²) in [5.41, 5.74) is 0.235. The predicted octanol–water partition coefficient (Wildman–Crippen LogP) is 2.70. The predicted molar refractivity (Wildman–Crippen MR) is 70.5 cm³/mol. The van der Waals surface area contributed by atoms with Gasteiger partial charge in [-0.3, -0.25) is 4.79 Å². The zero-order chi connectivity index (χ0) is 15.3. The highest BCUT2D eigenvalue weighted by molar-refractivity contribution is 14.1. The first kappa shape index (κ1) is 16.8. The molecule has 0 fully saturated rings. The van der Waals surface area contributed by atoms with Crippen molar-refractivity contribution in [1.29, 1.82) is 0 Å². The Morgan fingerprint density at radius 3 is 2.60 bits per heavy atom. The van der Waals surface area contributed by atoms with E-state index in [4.69, 9.17) is 9.47 Å². The quantitative estimate of drug-likeness (QED) is 0.429. The Bertz CT molecular complexity index is 493. The smallest absolute Gasteiger partial charge is 0.493 e. The van der Waals surface area contributed by atoms with Crippen molar-refractivity contribution in [2.75, 3.05) is 13.7 Å². The maximum atomic E-state index is 12.3.